The van der Waals surface area contributed by atoms with Crippen molar-refractivity contribution in [1.82, 2.24) is 0 Å². The van der Waals surface area contributed by atoms with E-state index < -0.39 is 5.54 Å². The highest BCUT2D eigenvalue weighted by Crippen LogP contribution is 2.28. The minimum absolute atomic E-state index is 0. The summed E-state index contributed by atoms with van der Waals surface area (Å²) in [6.45, 7) is 0.961. The van der Waals surface area contributed by atoms with Crippen LogP contribution in [-0.2, 0) is 9.53 Å². The largest absolute Gasteiger partial charge is 0.506 e. The molecule has 0 spiro atoms. The van der Waals surface area contributed by atoms with Gasteiger partial charge in [0.05, 0.1) is 5.69 Å². The molecule has 0 aromatic heterocycles. The van der Waals surface area contributed by atoms with Gasteiger partial charge in [-0.1, -0.05) is 15.9 Å². The second kappa shape index (κ2) is 6.56. The Morgan fingerprint density at radius 2 is 2.05 bits per heavy atom. The lowest BCUT2D eigenvalue weighted by Crippen LogP contribution is -2.54. The molecule has 0 radical (unpaired) electrons. The molecule has 1 fully saturated rings. The second-order valence-electron chi connectivity index (χ2n) is 4.38. The maximum atomic E-state index is 12.1. The van der Waals surface area contributed by atoms with Crippen molar-refractivity contribution in [2.24, 2.45) is 5.73 Å². The van der Waals surface area contributed by atoms with E-state index in [9.17, 15) is 9.90 Å². The van der Waals surface area contributed by atoms with E-state index in [1.54, 1.807) is 12.1 Å². The molecular formula is C12H16BrClN2O3. The lowest BCUT2D eigenvalue weighted by Gasteiger charge is -2.31. The van der Waals surface area contributed by atoms with E-state index in [1.165, 1.54) is 6.07 Å². The average Bonchev–Trinajstić information content (AvgIpc) is 2.35. The summed E-state index contributed by atoms with van der Waals surface area (Å²) in [4.78, 5) is 12.1. The van der Waals surface area contributed by atoms with Crippen LogP contribution in [0, 0.1) is 0 Å². The number of carbonyl (C=O) groups is 1. The summed E-state index contributed by atoms with van der Waals surface area (Å²) < 4.78 is 5.96. The summed E-state index contributed by atoms with van der Waals surface area (Å²) in [6.07, 6.45) is 0.960. The summed E-state index contributed by atoms with van der Waals surface area (Å²) in [5.74, 6) is -0.276. The number of rotatable bonds is 2. The molecule has 106 valence electrons. The van der Waals surface area contributed by atoms with E-state index in [1.807, 2.05) is 0 Å². The summed E-state index contributed by atoms with van der Waals surface area (Å²) in [6, 6.07) is 4.83. The van der Waals surface area contributed by atoms with Crippen LogP contribution in [0.4, 0.5) is 5.69 Å². The molecule has 4 N–H and O–H groups in total. The van der Waals surface area contributed by atoms with Crippen LogP contribution in [0.2, 0.25) is 0 Å². The molecule has 0 saturated carbocycles. The van der Waals surface area contributed by atoms with Crippen molar-refractivity contribution < 1.29 is 14.6 Å². The van der Waals surface area contributed by atoms with Gasteiger partial charge in [0, 0.05) is 17.7 Å². The fourth-order valence-corrected chi connectivity index (χ4v) is 2.18. The molecule has 0 bridgehead atoms. The van der Waals surface area contributed by atoms with Gasteiger partial charge in [-0.2, -0.15) is 0 Å². The van der Waals surface area contributed by atoms with Crippen LogP contribution in [0.3, 0.4) is 0 Å². The zero-order valence-electron chi connectivity index (χ0n) is 10.2. The number of ether oxygens (including phenoxy) is 1. The van der Waals surface area contributed by atoms with Gasteiger partial charge in [0.2, 0.25) is 5.91 Å². The lowest BCUT2D eigenvalue weighted by atomic mass is 9.90. The molecule has 7 heteroatoms. The van der Waals surface area contributed by atoms with Crippen LogP contribution in [0.15, 0.2) is 22.7 Å². The first-order chi connectivity index (χ1) is 8.51. The molecule has 0 unspecified atom stereocenters. The van der Waals surface area contributed by atoms with Gasteiger partial charge in [0.15, 0.2) is 0 Å². The number of aromatic hydroxyl groups is 1. The predicted octanol–water partition coefficient (Wildman–Crippen LogP) is 2.02. The Morgan fingerprint density at radius 3 is 2.68 bits per heavy atom. The first kappa shape index (κ1) is 16.2. The van der Waals surface area contributed by atoms with E-state index >= 15 is 0 Å². The van der Waals surface area contributed by atoms with E-state index in [0.29, 0.717) is 31.7 Å². The maximum Gasteiger partial charge on any atom is 0.244 e. The molecule has 1 amide bonds. The highest BCUT2D eigenvalue weighted by Gasteiger charge is 2.36. The van der Waals surface area contributed by atoms with E-state index in [2.05, 4.69) is 21.2 Å². The topological polar surface area (TPSA) is 84.6 Å². The fraction of sp³-hybridized carbons (Fsp3) is 0.417. The van der Waals surface area contributed by atoms with Crippen molar-refractivity contribution in [3.05, 3.63) is 22.7 Å². The number of halogens is 2. The van der Waals surface area contributed by atoms with Crippen LogP contribution in [0.1, 0.15) is 12.8 Å². The maximum absolute atomic E-state index is 12.1. The van der Waals surface area contributed by atoms with Gasteiger partial charge in [-0.25, -0.2) is 0 Å². The molecule has 0 atom stereocenters. The number of carbonyl (C=O) groups excluding carboxylic acids is 1. The summed E-state index contributed by atoms with van der Waals surface area (Å²) >= 11 is 3.28. The van der Waals surface area contributed by atoms with Crippen molar-refractivity contribution >= 4 is 39.9 Å². The van der Waals surface area contributed by atoms with E-state index in [-0.39, 0.29) is 24.1 Å². The quantitative estimate of drug-likeness (QED) is 0.712. The van der Waals surface area contributed by atoms with Crippen molar-refractivity contribution in [1.29, 1.82) is 0 Å². The SMILES string of the molecule is Cl.NC1(C(=O)Nc2cc(Br)ccc2O)CCOCC1. The van der Waals surface area contributed by atoms with Gasteiger partial charge in [-0.05, 0) is 31.0 Å². The number of anilines is 1. The molecule has 1 saturated heterocycles. The third-order valence-electron chi connectivity index (χ3n) is 3.04. The minimum Gasteiger partial charge on any atom is -0.506 e. The van der Waals surface area contributed by atoms with Crippen molar-refractivity contribution in [2.45, 2.75) is 18.4 Å². The van der Waals surface area contributed by atoms with Crippen LogP contribution in [-0.4, -0.2) is 29.8 Å². The highest BCUT2D eigenvalue weighted by atomic mass is 79.9. The smallest absolute Gasteiger partial charge is 0.244 e. The average molecular weight is 352 g/mol. The van der Waals surface area contributed by atoms with Crippen molar-refractivity contribution in [3.63, 3.8) is 0 Å². The molecule has 1 aliphatic heterocycles. The number of hydrogen-bond donors (Lipinski definition) is 3. The van der Waals surface area contributed by atoms with Gasteiger partial charge in [0.1, 0.15) is 11.3 Å². The predicted molar refractivity (Wildman–Crippen MR) is 78.7 cm³/mol. The Kier molecular flexibility index (Phi) is 5.61. The molecule has 2 rings (SSSR count). The standard InChI is InChI=1S/C12H15BrN2O3.ClH/c13-8-1-2-10(16)9(7-8)15-11(17)12(14)3-5-18-6-4-12;/h1-2,7,16H,3-6,14H2,(H,15,17);1H. The second-order valence-corrected chi connectivity index (χ2v) is 5.30. The Balaban J connectivity index is 0.00000180. The Labute approximate surface area is 126 Å². The van der Waals surface area contributed by atoms with Gasteiger partial charge in [-0.15, -0.1) is 12.4 Å². The monoisotopic (exact) mass is 350 g/mol. The Hall–Kier alpha value is -0.820. The summed E-state index contributed by atoms with van der Waals surface area (Å²) in [7, 11) is 0. The summed E-state index contributed by atoms with van der Waals surface area (Å²) in [5, 5.41) is 12.3. The number of nitrogens with two attached hydrogens (primary N) is 1. The third-order valence-corrected chi connectivity index (χ3v) is 3.54. The number of phenolic OH excluding ortho intramolecular Hbond substituents is 1. The number of amides is 1. The number of phenols is 1. The molecule has 1 aromatic rings. The summed E-state index contributed by atoms with van der Waals surface area (Å²) in [5.41, 5.74) is 5.48. The van der Waals surface area contributed by atoms with Crippen molar-refractivity contribution in [2.75, 3.05) is 18.5 Å². The van der Waals surface area contributed by atoms with Gasteiger partial charge >= 0.3 is 0 Å². The van der Waals surface area contributed by atoms with Gasteiger partial charge < -0.3 is 20.9 Å². The zero-order valence-corrected chi connectivity index (χ0v) is 12.6. The molecule has 1 heterocycles. The van der Waals surface area contributed by atoms with Crippen LogP contribution in [0.25, 0.3) is 0 Å². The Bertz CT molecular complexity index is 464. The van der Waals surface area contributed by atoms with Gasteiger partial charge in [0.25, 0.3) is 0 Å². The Morgan fingerprint density at radius 1 is 1.42 bits per heavy atom. The minimum atomic E-state index is -0.924. The molecule has 0 aliphatic carbocycles. The van der Waals surface area contributed by atoms with Crippen LogP contribution >= 0.6 is 28.3 Å². The number of hydrogen-bond acceptors (Lipinski definition) is 4. The van der Waals surface area contributed by atoms with Crippen LogP contribution in [0.5, 0.6) is 5.75 Å². The van der Waals surface area contributed by atoms with E-state index in [4.69, 9.17) is 10.5 Å². The van der Waals surface area contributed by atoms with Crippen LogP contribution < -0.4 is 11.1 Å². The molecule has 5 nitrogen and oxygen atoms in total. The zero-order chi connectivity index (χ0) is 13.2. The van der Waals surface area contributed by atoms with Gasteiger partial charge in [-0.3, -0.25) is 4.79 Å². The number of nitrogens with one attached hydrogen (secondary N) is 1. The third kappa shape index (κ3) is 3.82. The normalized spacial score (nSPS) is 17.4. The first-order valence-electron chi connectivity index (χ1n) is 5.68. The lowest BCUT2D eigenvalue weighted by molar-refractivity contribution is -0.124. The highest BCUT2D eigenvalue weighted by molar-refractivity contribution is 9.10. The molecular weight excluding hydrogens is 336 g/mol. The number of benzene rings is 1. The molecule has 19 heavy (non-hydrogen) atoms. The van der Waals surface area contributed by atoms with Crippen molar-refractivity contribution in [3.8, 4) is 5.75 Å². The van der Waals surface area contributed by atoms with E-state index in [0.717, 1.165) is 4.47 Å². The fourth-order valence-electron chi connectivity index (χ4n) is 1.82. The first-order valence-corrected chi connectivity index (χ1v) is 6.47. The molecule has 1 aliphatic rings. The molecule has 1 aromatic carbocycles.